The number of hydrogen-bond acceptors (Lipinski definition) is 3. The molecule has 0 bridgehead atoms. The molecule has 1 heterocycles. The summed E-state index contributed by atoms with van der Waals surface area (Å²) in [6.45, 7) is 4.31. The van der Waals surface area contributed by atoms with Crippen molar-refractivity contribution in [3.63, 3.8) is 0 Å². The number of fused-ring (bicyclic) bond motifs is 1. The van der Waals surface area contributed by atoms with Gasteiger partial charge >= 0.3 is 0 Å². The minimum Gasteiger partial charge on any atom is -0.348 e. The number of aliphatic imine (C=N–C) groups is 1. The molecule has 0 saturated carbocycles. The lowest BCUT2D eigenvalue weighted by Crippen LogP contribution is -2.28. The Bertz CT molecular complexity index is 723. The molecule has 4 heteroatoms. The minimum absolute atomic E-state index is 0.238. The number of hydrogen-bond donors (Lipinski definition) is 1. The smallest absolute Gasteiger partial charge is 0.276 e. The van der Waals surface area contributed by atoms with Gasteiger partial charge in [0.25, 0.3) is 5.91 Å². The lowest BCUT2D eigenvalue weighted by atomic mass is 9.99. The monoisotopic (exact) mass is 294 g/mol. The number of nitrogens with zero attached hydrogens (tertiary/aromatic N) is 1. The molecular formula is C18H18N2O2. The Hall–Kier alpha value is -2.46. The zero-order valence-electron chi connectivity index (χ0n) is 12.7. The van der Waals surface area contributed by atoms with E-state index in [1.807, 2.05) is 62.4 Å². The van der Waals surface area contributed by atoms with Gasteiger partial charge in [-0.1, -0.05) is 42.0 Å². The standard InChI is InChI=1S/C18H18N2O2/c1-3-22-18-17(21)19-15-10-9-12(2)11-14(15)16(20-18)13-7-5-4-6-8-13/h4-11,18H,3H2,1-2H3,(H,19,21)/t18-/m0/s1. The first-order valence-electron chi connectivity index (χ1n) is 7.35. The summed E-state index contributed by atoms with van der Waals surface area (Å²) in [6, 6.07) is 15.8. The highest BCUT2D eigenvalue weighted by Gasteiger charge is 2.25. The van der Waals surface area contributed by atoms with Crippen LogP contribution in [0.2, 0.25) is 0 Å². The van der Waals surface area contributed by atoms with Crippen LogP contribution in [0.1, 0.15) is 23.6 Å². The highest BCUT2D eigenvalue weighted by Crippen LogP contribution is 2.25. The number of rotatable bonds is 3. The van der Waals surface area contributed by atoms with Crippen LogP contribution >= 0.6 is 0 Å². The molecule has 0 unspecified atom stereocenters. The molecule has 0 spiro atoms. The molecule has 1 atom stereocenters. The van der Waals surface area contributed by atoms with Gasteiger partial charge in [-0.15, -0.1) is 0 Å². The van der Waals surface area contributed by atoms with Crippen LogP contribution in [-0.2, 0) is 9.53 Å². The number of carbonyl (C=O) groups excluding carboxylic acids is 1. The molecular weight excluding hydrogens is 276 g/mol. The van der Waals surface area contributed by atoms with Crippen molar-refractivity contribution in [2.45, 2.75) is 20.1 Å². The zero-order valence-corrected chi connectivity index (χ0v) is 12.7. The van der Waals surface area contributed by atoms with Crippen LogP contribution in [0.3, 0.4) is 0 Å². The molecule has 2 aromatic rings. The second-order valence-electron chi connectivity index (χ2n) is 5.19. The quantitative estimate of drug-likeness (QED) is 0.945. The number of benzene rings is 2. The lowest BCUT2D eigenvalue weighted by molar-refractivity contribution is -0.126. The molecule has 0 aliphatic carbocycles. The summed E-state index contributed by atoms with van der Waals surface area (Å²) in [6.07, 6.45) is -0.826. The van der Waals surface area contributed by atoms with E-state index >= 15 is 0 Å². The molecule has 3 rings (SSSR count). The van der Waals surface area contributed by atoms with Gasteiger partial charge in [-0.05, 0) is 26.0 Å². The Morgan fingerprint density at radius 3 is 2.68 bits per heavy atom. The Morgan fingerprint density at radius 2 is 1.95 bits per heavy atom. The Balaban J connectivity index is 2.18. The van der Waals surface area contributed by atoms with Crippen molar-refractivity contribution in [2.75, 3.05) is 11.9 Å². The predicted molar refractivity (Wildman–Crippen MR) is 87.3 cm³/mol. The van der Waals surface area contributed by atoms with Gasteiger partial charge in [0.05, 0.1) is 11.4 Å². The summed E-state index contributed by atoms with van der Waals surface area (Å²) in [5.74, 6) is -0.238. The van der Waals surface area contributed by atoms with E-state index in [9.17, 15) is 4.79 Å². The summed E-state index contributed by atoms with van der Waals surface area (Å²) in [7, 11) is 0. The number of nitrogens with one attached hydrogen (secondary N) is 1. The number of amides is 1. The highest BCUT2D eigenvalue weighted by molar-refractivity contribution is 6.19. The van der Waals surface area contributed by atoms with E-state index in [1.165, 1.54) is 0 Å². The van der Waals surface area contributed by atoms with Gasteiger partial charge in [0.1, 0.15) is 0 Å². The third-order valence-electron chi connectivity index (χ3n) is 3.53. The molecule has 1 aliphatic heterocycles. The number of ether oxygens (including phenoxy) is 1. The molecule has 1 aliphatic rings. The van der Waals surface area contributed by atoms with Gasteiger partial charge in [-0.25, -0.2) is 4.99 Å². The topological polar surface area (TPSA) is 50.7 Å². The molecule has 0 saturated heterocycles. The van der Waals surface area contributed by atoms with Crippen molar-refractivity contribution in [2.24, 2.45) is 4.99 Å². The maximum absolute atomic E-state index is 12.3. The molecule has 4 nitrogen and oxygen atoms in total. The van der Waals surface area contributed by atoms with Gasteiger partial charge in [0.2, 0.25) is 6.23 Å². The average molecular weight is 294 g/mol. The summed E-state index contributed by atoms with van der Waals surface area (Å²) in [5, 5.41) is 2.91. The van der Waals surface area contributed by atoms with Crippen LogP contribution < -0.4 is 5.32 Å². The van der Waals surface area contributed by atoms with Crippen LogP contribution in [0.15, 0.2) is 53.5 Å². The van der Waals surface area contributed by atoms with Crippen molar-refractivity contribution >= 4 is 17.3 Å². The van der Waals surface area contributed by atoms with Crippen LogP contribution in [-0.4, -0.2) is 24.5 Å². The van der Waals surface area contributed by atoms with E-state index in [2.05, 4.69) is 10.3 Å². The molecule has 1 N–H and O–H groups in total. The van der Waals surface area contributed by atoms with Crippen molar-refractivity contribution in [1.82, 2.24) is 0 Å². The summed E-state index contributed by atoms with van der Waals surface area (Å²) < 4.78 is 5.49. The predicted octanol–water partition coefficient (Wildman–Crippen LogP) is 3.15. The van der Waals surface area contributed by atoms with Crippen LogP contribution in [0.25, 0.3) is 0 Å². The maximum Gasteiger partial charge on any atom is 0.276 e. The Morgan fingerprint density at radius 1 is 1.18 bits per heavy atom. The second kappa shape index (κ2) is 6.12. The third-order valence-corrected chi connectivity index (χ3v) is 3.53. The number of benzodiazepines with no additional fused rings is 1. The number of carbonyl (C=O) groups is 1. The van der Waals surface area contributed by atoms with Crippen molar-refractivity contribution in [1.29, 1.82) is 0 Å². The van der Waals surface area contributed by atoms with E-state index in [4.69, 9.17) is 4.74 Å². The average Bonchev–Trinajstić information content (AvgIpc) is 2.66. The number of anilines is 1. The highest BCUT2D eigenvalue weighted by atomic mass is 16.5. The van der Waals surface area contributed by atoms with Gasteiger partial charge in [0.15, 0.2) is 0 Å². The van der Waals surface area contributed by atoms with E-state index in [1.54, 1.807) is 0 Å². The van der Waals surface area contributed by atoms with E-state index in [0.717, 1.165) is 28.1 Å². The van der Waals surface area contributed by atoms with Crippen LogP contribution in [0, 0.1) is 6.92 Å². The van der Waals surface area contributed by atoms with E-state index < -0.39 is 6.23 Å². The summed E-state index contributed by atoms with van der Waals surface area (Å²) in [4.78, 5) is 16.9. The fourth-order valence-electron chi connectivity index (χ4n) is 2.50. The fraction of sp³-hybridized carbons (Fsp3) is 0.222. The summed E-state index contributed by atoms with van der Waals surface area (Å²) >= 11 is 0. The third kappa shape index (κ3) is 2.78. The largest absolute Gasteiger partial charge is 0.348 e. The molecule has 2 aromatic carbocycles. The molecule has 0 fully saturated rings. The SMILES string of the molecule is CCO[C@@H]1N=C(c2ccccc2)c2cc(C)ccc2NC1=O. The van der Waals surface area contributed by atoms with Gasteiger partial charge in [0, 0.05) is 17.7 Å². The van der Waals surface area contributed by atoms with Gasteiger partial charge < -0.3 is 10.1 Å². The molecule has 0 aromatic heterocycles. The molecule has 112 valence electrons. The first-order chi connectivity index (χ1) is 10.7. The fourth-order valence-corrected chi connectivity index (χ4v) is 2.50. The Kier molecular flexibility index (Phi) is 4.02. The summed E-state index contributed by atoms with van der Waals surface area (Å²) in [5.41, 5.74) is 4.54. The molecule has 22 heavy (non-hydrogen) atoms. The number of aryl methyl sites for hydroxylation is 1. The molecule has 0 radical (unpaired) electrons. The first kappa shape index (κ1) is 14.5. The van der Waals surface area contributed by atoms with Crippen molar-refractivity contribution in [3.05, 3.63) is 65.2 Å². The zero-order chi connectivity index (χ0) is 15.5. The minimum atomic E-state index is -0.826. The normalized spacial score (nSPS) is 17.3. The van der Waals surface area contributed by atoms with E-state index in [-0.39, 0.29) is 5.91 Å². The van der Waals surface area contributed by atoms with Crippen LogP contribution in [0.5, 0.6) is 0 Å². The maximum atomic E-state index is 12.3. The first-order valence-corrected chi connectivity index (χ1v) is 7.35. The lowest BCUT2D eigenvalue weighted by Gasteiger charge is -2.10. The van der Waals surface area contributed by atoms with Crippen LogP contribution in [0.4, 0.5) is 5.69 Å². The Labute approximate surface area is 129 Å². The molecule has 1 amide bonds. The van der Waals surface area contributed by atoms with Crippen molar-refractivity contribution < 1.29 is 9.53 Å². The van der Waals surface area contributed by atoms with Gasteiger partial charge in [-0.2, -0.15) is 0 Å². The van der Waals surface area contributed by atoms with Gasteiger partial charge in [-0.3, -0.25) is 4.79 Å². The van der Waals surface area contributed by atoms with Crippen molar-refractivity contribution in [3.8, 4) is 0 Å². The second-order valence-corrected chi connectivity index (χ2v) is 5.19. The van der Waals surface area contributed by atoms with E-state index in [0.29, 0.717) is 6.61 Å².